The molecule has 0 radical (unpaired) electrons. The molecule has 0 amide bonds. The van der Waals surface area contributed by atoms with Crippen LogP contribution in [-0.2, 0) is 11.2 Å². The van der Waals surface area contributed by atoms with Crippen LogP contribution in [0.1, 0.15) is 34.7 Å². The molecule has 0 aliphatic rings. The number of benzene rings is 1. The molecule has 17 heavy (non-hydrogen) atoms. The van der Waals surface area contributed by atoms with Crippen molar-refractivity contribution >= 4 is 22.6 Å². The highest BCUT2D eigenvalue weighted by atomic mass is 35.5. The molecule has 0 aromatic heterocycles. The number of hydrogen-bond donors (Lipinski definition) is 1. The predicted octanol–water partition coefficient (Wildman–Crippen LogP) is 3.84. The fourth-order valence-corrected chi connectivity index (χ4v) is 2.45. The van der Waals surface area contributed by atoms with Crippen molar-refractivity contribution in [2.45, 2.75) is 34.1 Å². The van der Waals surface area contributed by atoms with Crippen LogP contribution in [0.25, 0.3) is 5.03 Å². The van der Waals surface area contributed by atoms with Gasteiger partial charge in [-0.1, -0.05) is 23.7 Å². The average molecular weight is 253 g/mol. The summed E-state index contributed by atoms with van der Waals surface area (Å²) < 4.78 is 0. The Labute approximate surface area is 107 Å². The number of aryl methyl sites for hydroxylation is 2. The molecule has 0 aliphatic heterocycles. The topological polar surface area (TPSA) is 37.3 Å². The number of halogens is 1. The Morgan fingerprint density at radius 2 is 1.94 bits per heavy atom. The van der Waals surface area contributed by atoms with Crippen molar-refractivity contribution in [2.75, 3.05) is 0 Å². The summed E-state index contributed by atoms with van der Waals surface area (Å²) >= 11 is 6.18. The van der Waals surface area contributed by atoms with Crippen molar-refractivity contribution < 1.29 is 9.90 Å². The SMILES string of the molecule is CC=C(Cl)c1c(C)cc(C)c(CC(=O)O)c1C. The summed E-state index contributed by atoms with van der Waals surface area (Å²) in [6.07, 6.45) is 1.87. The second-order valence-corrected chi connectivity index (χ2v) is 4.60. The lowest BCUT2D eigenvalue weighted by Gasteiger charge is -2.15. The second-order valence-electron chi connectivity index (χ2n) is 4.20. The van der Waals surface area contributed by atoms with E-state index in [0.29, 0.717) is 5.03 Å². The van der Waals surface area contributed by atoms with Gasteiger partial charge in [0.15, 0.2) is 0 Å². The molecule has 0 saturated carbocycles. The van der Waals surface area contributed by atoms with Crippen LogP contribution >= 0.6 is 11.6 Å². The largest absolute Gasteiger partial charge is 0.481 e. The van der Waals surface area contributed by atoms with E-state index in [9.17, 15) is 4.79 Å². The first-order valence-corrected chi connectivity index (χ1v) is 5.90. The Morgan fingerprint density at radius 3 is 2.41 bits per heavy atom. The summed E-state index contributed by atoms with van der Waals surface area (Å²) in [4.78, 5) is 10.9. The molecule has 0 fully saturated rings. The Balaban J connectivity index is 3.48. The third-order valence-corrected chi connectivity index (χ3v) is 3.36. The van der Waals surface area contributed by atoms with Gasteiger partial charge in [-0.3, -0.25) is 4.79 Å². The standard InChI is InChI=1S/C14H17ClO2/c1-5-12(15)14-9(3)6-8(2)11(10(14)4)7-13(16)17/h5-6H,7H2,1-4H3,(H,16,17). The number of allylic oxidation sites excluding steroid dienone is 1. The quantitative estimate of drug-likeness (QED) is 0.888. The lowest BCUT2D eigenvalue weighted by Crippen LogP contribution is -2.07. The molecule has 1 rings (SSSR count). The minimum atomic E-state index is -0.817. The zero-order valence-electron chi connectivity index (χ0n) is 10.6. The molecule has 0 heterocycles. The first-order valence-electron chi connectivity index (χ1n) is 5.52. The Hall–Kier alpha value is -1.28. The maximum absolute atomic E-state index is 10.9. The lowest BCUT2D eigenvalue weighted by molar-refractivity contribution is -0.136. The molecule has 0 saturated heterocycles. The number of carboxylic acid groups (broad SMARTS) is 1. The van der Waals surface area contributed by atoms with Crippen LogP contribution < -0.4 is 0 Å². The Morgan fingerprint density at radius 1 is 1.35 bits per heavy atom. The van der Waals surface area contributed by atoms with Crippen LogP contribution in [0.4, 0.5) is 0 Å². The smallest absolute Gasteiger partial charge is 0.307 e. The molecule has 1 aromatic rings. The van der Waals surface area contributed by atoms with Gasteiger partial charge in [0.25, 0.3) is 0 Å². The van der Waals surface area contributed by atoms with Gasteiger partial charge < -0.3 is 5.11 Å². The van der Waals surface area contributed by atoms with Crippen LogP contribution in [0.5, 0.6) is 0 Å². The third-order valence-electron chi connectivity index (χ3n) is 2.95. The minimum Gasteiger partial charge on any atom is -0.481 e. The van der Waals surface area contributed by atoms with E-state index in [1.54, 1.807) is 0 Å². The predicted molar refractivity (Wildman–Crippen MR) is 71.5 cm³/mol. The van der Waals surface area contributed by atoms with Gasteiger partial charge in [0.2, 0.25) is 0 Å². The van der Waals surface area contributed by atoms with Gasteiger partial charge in [-0.15, -0.1) is 0 Å². The van der Waals surface area contributed by atoms with Gasteiger partial charge in [-0.25, -0.2) is 0 Å². The van der Waals surface area contributed by atoms with E-state index in [1.807, 2.05) is 39.8 Å². The molecular weight excluding hydrogens is 236 g/mol. The number of aliphatic carboxylic acids is 1. The molecule has 92 valence electrons. The van der Waals surface area contributed by atoms with Gasteiger partial charge in [-0.2, -0.15) is 0 Å². The van der Waals surface area contributed by atoms with E-state index in [-0.39, 0.29) is 6.42 Å². The zero-order chi connectivity index (χ0) is 13.2. The van der Waals surface area contributed by atoms with E-state index >= 15 is 0 Å². The molecule has 0 atom stereocenters. The number of hydrogen-bond acceptors (Lipinski definition) is 1. The molecule has 0 bridgehead atoms. The molecule has 1 N–H and O–H groups in total. The number of rotatable bonds is 3. The number of carboxylic acids is 1. The molecule has 2 nitrogen and oxygen atoms in total. The average Bonchev–Trinajstić information content (AvgIpc) is 2.23. The van der Waals surface area contributed by atoms with Crippen molar-refractivity contribution in [1.29, 1.82) is 0 Å². The molecule has 0 spiro atoms. The third kappa shape index (κ3) is 2.89. The van der Waals surface area contributed by atoms with Gasteiger partial charge in [0.1, 0.15) is 0 Å². The molecule has 1 aromatic carbocycles. The van der Waals surface area contributed by atoms with E-state index in [4.69, 9.17) is 16.7 Å². The van der Waals surface area contributed by atoms with Crippen molar-refractivity contribution in [3.63, 3.8) is 0 Å². The maximum Gasteiger partial charge on any atom is 0.307 e. The summed E-state index contributed by atoms with van der Waals surface area (Å²) in [5.74, 6) is -0.817. The molecule has 0 aliphatic carbocycles. The first kappa shape index (κ1) is 13.8. The highest BCUT2D eigenvalue weighted by Gasteiger charge is 2.14. The van der Waals surface area contributed by atoms with Gasteiger partial charge in [-0.05, 0) is 55.5 Å². The van der Waals surface area contributed by atoms with Crippen LogP contribution in [-0.4, -0.2) is 11.1 Å². The van der Waals surface area contributed by atoms with Gasteiger partial charge in [0, 0.05) is 5.03 Å². The Bertz CT molecular complexity index is 487. The minimum absolute atomic E-state index is 0.0405. The van der Waals surface area contributed by atoms with Crippen LogP contribution in [0.2, 0.25) is 0 Å². The monoisotopic (exact) mass is 252 g/mol. The lowest BCUT2D eigenvalue weighted by atomic mass is 9.91. The summed E-state index contributed by atoms with van der Waals surface area (Å²) in [7, 11) is 0. The van der Waals surface area contributed by atoms with E-state index in [2.05, 4.69) is 0 Å². The molecule has 3 heteroatoms. The van der Waals surface area contributed by atoms with Gasteiger partial charge >= 0.3 is 5.97 Å². The summed E-state index contributed by atoms with van der Waals surface area (Å²) in [6.45, 7) is 7.73. The first-order chi connectivity index (χ1) is 7.88. The molecular formula is C14H17ClO2. The van der Waals surface area contributed by atoms with Crippen molar-refractivity contribution in [1.82, 2.24) is 0 Å². The fraction of sp³-hybridized carbons (Fsp3) is 0.357. The van der Waals surface area contributed by atoms with Crippen molar-refractivity contribution in [2.24, 2.45) is 0 Å². The van der Waals surface area contributed by atoms with E-state index < -0.39 is 5.97 Å². The number of carbonyl (C=O) groups is 1. The van der Waals surface area contributed by atoms with Crippen LogP contribution in [0, 0.1) is 20.8 Å². The van der Waals surface area contributed by atoms with E-state index in [1.165, 1.54) is 0 Å². The normalized spacial score (nSPS) is 11.7. The summed E-state index contributed by atoms with van der Waals surface area (Å²) in [6, 6.07) is 1.99. The maximum atomic E-state index is 10.9. The van der Waals surface area contributed by atoms with Crippen LogP contribution in [0.3, 0.4) is 0 Å². The van der Waals surface area contributed by atoms with Crippen molar-refractivity contribution in [3.8, 4) is 0 Å². The second kappa shape index (κ2) is 5.37. The highest BCUT2D eigenvalue weighted by molar-refractivity contribution is 6.49. The Kier molecular flexibility index (Phi) is 4.35. The highest BCUT2D eigenvalue weighted by Crippen LogP contribution is 2.30. The van der Waals surface area contributed by atoms with Gasteiger partial charge in [0.05, 0.1) is 6.42 Å². The van der Waals surface area contributed by atoms with Crippen molar-refractivity contribution in [3.05, 3.63) is 40.0 Å². The summed E-state index contributed by atoms with van der Waals surface area (Å²) in [5.41, 5.74) is 4.87. The van der Waals surface area contributed by atoms with E-state index in [0.717, 1.165) is 27.8 Å². The molecule has 0 unspecified atom stereocenters. The summed E-state index contributed by atoms with van der Waals surface area (Å²) in [5, 5.41) is 9.60. The fourth-order valence-electron chi connectivity index (χ4n) is 2.16. The zero-order valence-corrected chi connectivity index (χ0v) is 11.4. The van der Waals surface area contributed by atoms with Crippen LogP contribution in [0.15, 0.2) is 12.1 Å².